The van der Waals surface area contributed by atoms with E-state index in [0.717, 1.165) is 29.0 Å². The third-order valence-electron chi connectivity index (χ3n) is 6.07. The Morgan fingerprint density at radius 3 is 2.31 bits per heavy atom. The van der Waals surface area contributed by atoms with Crippen molar-refractivity contribution in [1.29, 1.82) is 0 Å². The molecule has 1 fully saturated rings. The molecule has 0 amide bonds. The normalized spacial score (nSPS) is 14.2. The summed E-state index contributed by atoms with van der Waals surface area (Å²) in [5.74, 6) is 0.227. The highest BCUT2D eigenvalue weighted by Crippen LogP contribution is 2.31. The zero-order valence-electron chi connectivity index (χ0n) is 17.5. The van der Waals surface area contributed by atoms with Crippen LogP contribution in [0.3, 0.4) is 0 Å². The lowest BCUT2D eigenvalue weighted by molar-refractivity contribution is -0.384. The first-order valence-electron chi connectivity index (χ1n) is 10.5. The van der Waals surface area contributed by atoms with Crippen LogP contribution in [-0.2, 0) is 7.05 Å². The summed E-state index contributed by atoms with van der Waals surface area (Å²) in [5, 5.41) is 11.8. The number of piperidine rings is 1. The number of nitro groups is 1. The molecule has 0 aromatic heterocycles. The number of aromatic nitrogens is 3. The summed E-state index contributed by atoms with van der Waals surface area (Å²) < 4.78 is 2.66. The predicted octanol–water partition coefficient (Wildman–Crippen LogP) is 3.09. The highest BCUT2D eigenvalue weighted by Gasteiger charge is 2.21. The first kappa shape index (κ1) is 19.9. The van der Waals surface area contributed by atoms with E-state index >= 15 is 0 Å². The van der Waals surface area contributed by atoms with E-state index in [1.807, 2.05) is 24.3 Å². The van der Waals surface area contributed by atoms with Crippen molar-refractivity contribution in [3.8, 4) is 17.1 Å². The number of hydrogen-bond acceptors (Lipinski definition) is 6. The lowest BCUT2D eigenvalue weighted by Crippen LogP contribution is -2.35. The van der Waals surface area contributed by atoms with Crippen LogP contribution in [0.4, 0.5) is 11.4 Å². The molecule has 0 aliphatic carbocycles. The molecule has 0 bridgehead atoms. The largest absolute Gasteiger partial charge is 0.372 e. The fraction of sp³-hybridized carbons (Fsp3) is 0.261. The van der Waals surface area contributed by atoms with Gasteiger partial charge in [-0.25, -0.2) is 4.79 Å². The quantitative estimate of drug-likeness (QED) is 0.281. The molecule has 32 heavy (non-hydrogen) atoms. The maximum atomic E-state index is 12.8. The second-order valence-electron chi connectivity index (χ2n) is 8.04. The van der Waals surface area contributed by atoms with Crippen molar-refractivity contribution in [2.45, 2.75) is 19.3 Å². The molecule has 5 rings (SSSR count). The number of hydrogen-bond donors (Lipinski definition) is 0. The Hall–Kier alpha value is -4.01. The van der Waals surface area contributed by atoms with E-state index < -0.39 is 16.2 Å². The molecule has 3 aliphatic heterocycles. The molecular formula is C23H21N5O4. The molecule has 0 unspecified atom stereocenters. The van der Waals surface area contributed by atoms with E-state index in [1.165, 1.54) is 38.4 Å². The molecule has 2 aromatic carbocycles. The molecule has 9 heteroatoms. The number of anilines is 1. The van der Waals surface area contributed by atoms with Gasteiger partial charge in [-0.2, -0.15) is 4.98 Å². The van der Waals surface area contributed by atoms with E-state index in [-0.39, 0.29) is 17.1 Å². The fourth-order valence-electron chi connectivity index (χ4n) is 4.36. The number of non-ortho nitro benzene ring substituents is 1. The molecule has 9 nitrogen and oxygen atoms in total. The standard InChI is InChI=1S/C23H21N5O4/c1-25-22(29)19-14-15-13-18(28(31)32)9-10-20(15)27(21(19)24-23(25)30)17-7-5-16(6-8-17)26-11-3-2-4-12-26/h5-10,13-14H,2-4,11-12H2,1H3. The second-order valence-corrected chi connectivity index (χ2v) is 8.04. The van der Waals surface area contributed by atoms with Crippen molar-refractivity contribution in [3.63, 3.8) is 0 Å². The molecule has 3 heterocycles. The summed E-state index contributed by atoms with van der Waals surface area (Å²) in [5.41, 5.74) is 1.45. The minimum Gasteiger partial charge on any atom is -0.372 e. The van der Waals surface area contributed by atoms with E-state index in [1.54, 1.807) is 16.7 Å². The van der Waals surface area contributed by atoms with Crippen molar-refractivity contribution in [2.24, 2.45) is 7.05 Å². The molecule has 0 saturated carbocycles. The van der Waals surface area contributed by atoms with Gasteiger partial charge in [0.05, 0.1) is 16.0 Å². The van der Waals surface area contributed by atoms with Gasteiger partial charge in [0.1, 0.15) is 0 Å². The lowest BCUT2D eigenvalue weighted by Gasteiger charge is -2.29. The Bertz CT molecular complexity index is 1430. The van der Waals surface area contributed by atoms with E-state index in [4.69, 9.17) is 0 Å². The van der Waals surface area contributed by atoms with Crippen molar-refractivity contribution in [1.82, 2.24) is 14.1 Å². The molecule has 3 aliphatic rings. The van der Waals surface area contributed by atoms with Crippen LogP contribution in [0, 0.1) is 10.1 Å². The SMILES string of the molecule is Cn1c(=O)nc2n(-c3ccc(N4CCCCC4)cc3)c3ccc([N+](=O)[O-])cc3cc-2c1=O. The molecule has 162 valence electrons. The second kappa shape index (κ2) is 7.60. The zero-order valence-corrected chi connectivity index (χ0v) is 17.5. The minimum absolute atomic E-state index is 0.0749. The number of fused-ring (bicyclic) bond motifs is 2. The highest BCUT2D eigenvalue weighted by atomic mass is 16.6. The summed E-state index contributed by atoms with van der Waals surface area (Å²) in [6, 6.07) is 13.9. The van der Waals surface area contributed by atoms with Gasteiger partial charge in [0.2, 0.25) is 0 Å². The molecular weight excluding hydrogens is 410 g/mol. The average Bonchev–Trinajstić information content (AvgIpc) is 2.82. The Labute approximate surface area is 182 Å². The molecule has 1 saturated heterocycles. The van der Waals surface area contributed by atoms with Gasteiger partial charge in [0, 0.05) is 49.0 Å². The zero-order chi connectivity index (χ0) is 22.4. The topological polar surface area (TPSA) is 103 Å². The van der Waals surface area contributed by atoms with E-state index in [2.05, 4.69) is 9.88 Å². The van der Waals surface area contributed by atoms with Crippen molar-refractivity contribution in [3.05, 3.63) is 79.5 Å². The predicted molar refractivity (Wildman–Crippen MR) is 122 cm³/mol. The van der Waals surface area contributed by atoms with Crippen molar-refractivity contribution in [2.75, 3.05) is 18.0 Å². The van der Waals surface area contributed by atoms with Gasteiger partial charge in [0.15, 0.2) is 5.82 Å². The monoisotopic (exact) mass is 431 g/mol. The summed E-state index contributed by atoms with van der Waals surface area (Å²) in [6.07, 6.45) is 3.59. The van der Waals surface area contributed by atoms with Crippen LogP contribution in [0.2, 0.25) is 0 Å². The molecule has 0 spiro atoms. The molecule has 0 N–H and O–H groups in total. The summed E-state index contributed by atoms with van der Waals surface area (Å²) in [4.78, 5) is 42.5. The summed E-state index contributed by atoms with van der Waals surface area (Å²) >= 11 is 0. The van der Waals surface area contributed by atoms with Crippen LogP contribution in [0.25, 0.3) is 28.0 Å². The van der Waals surface area contributed by atoms with Gasteiger partial charge >= 0.3 is 5.69 Å². The van der Waals surface area contributed by atoms with Gasteiger partial charge in [-0.05, 0) is 55.7 Å². The number of pyridine rings is 1. The van der Waals surface area contributed by atoms with Gasteiger partial charge in [-0.3, -0.25) is 24.0 Å². The fourth-order valence-corrected chi connectivity index (χ4v) is 4.36. The first-order valence-corrected chi connectivity index (χ1v) is 10.5. The van der Waals surface area contributed by atoms with Crippen LogP contribution in [-0.4, -0.2) is 32.1 Å². The maximum absolute atomic E-state index is 12.8. The van der Waals surface area contributed by atoms with Crippen LogP contribution >= 0.6 is 0 Å². The van der Waals surface area contributed by atoms with Gasteiger partial charge in [-0.15, -0.1) is 0 Å². The Balaban J connectivity index is 1.76. The van der Waals surface area contributed by atoms with Crippen LogP contribution in [0.15, 0.2) is 58.1 Å². The third-order valence-corrected chi connectivity index (χ3v) is 6.07. The van der Waals surface area contributed by atoms with Crippen LogP contribution in [0.1, 0.15) is 19.3 Å². The minimum atomic E-state index is -0.651. The number of benzene rings is 2. The van der Waals surface area contributed by atoms with Crippen LogP contribution in [0.5, 0.6) is 0 Å². The Morgan fingerprint density at radius 1 is 0.938 bits per heavy atom. The first-order chi connectivity index (χ1) is 15.4. The van der Waals surface area contributed by atoms with Gasteiger partial charge in [-0.1, -0.05) is 0 Å². The number of rotatable bonds is 3. The Kier molecular flexibility index (Phi) is 4.73. The van der Waals surface area contributed by atoms with Crippen molar-refractivity contribution < 1.29 is 4.92 Å². The smallest absolute Gasteiger partial charge is 0.352 e. The van der Waals surface area contributed by atoms with Crippen molar-refractivity contribution >= 4 is 22.3 Å². The average molecular weight is 431 g/mol. The van der Waals surface area contributed by atoms with E-state index in [0.29, 0.717) is 10.9 Å². The Morgan fingerprint density at radius 2 is 1.62 bits per heavy atom. The molecule has 2 aromatic rings. The summed E-state index contributed by atoms with van der Waals surface area (Å²) in [7, 11) is 1.37. The van der Waals surface area contributed by atoms with Gasteiger partial charge < -0.3 is 4.90 Å². The third kappa shape index (κ3) is 3.22. The maximum Gasteiger partial charge on any atom is 0.352 e. The number of nitrogens with zero attached hydrogens (tertiary/aromatic N) is 5. The van der Waals surface area contributed by atoms with E-state index in [9.17, 15) is 19.7 Å². The molecule has 0 radical (unpaired) electrons. The highest BCUT2D eigenvalue weighted by molar-refractivity contribution is 5.89. The summed E-state index contributed by atoms with van der Waals surface area (Å²) in [6.45, 7) is 2.04. The lowest BCUT2D eigenvalue weighted by atomic mass is 10.1. The number of nitro benzene ring substituents is 1. The van der Waals surface area contributed by atoms with Crippen LogP contribution < -0.4 is 16.1 Å². The molecule has 0 atom stereocenters. The van der Waals surface area contributed by atoms with Gasteiger partial charge in [0.25, 0.3) is 11.2 Å².